The number of nitriles is 1. The first-order valence-corrected chi connectivity index (χ1v) is 6.72. The lowest BCUT2D eigenvalue weighted by Crippen LogP contribution is -2.41. The average Bonchev–Trinajstić information content (AvgIpc) is 2.72. The summed E-state index contributed by atoms with van der Waals surface area (Å²) >= 11 is 0. The number of non-ortho nitro benzene ring substituents is 1. The van der Waals surface area contributed by atoms with Gasteiger partial charge in [0.15, 0.2) is 0 Å². The van der Waals surface area contributed by atoms with Crippen LogP contribution in [0.2, 0.25) is 0 Å². The Hall–Kier alpha value is -2.62. The van der Waals surface area contributed by atoms with Crippen LogP contribution >= 0.6 is 0 Å². The van der Waals surface area contributed by atoms with E-state index in [0.717, 1.165) is 19.3 Å². The van der Waals surface area contributed by atoms with Gasteiger partial charge < -0.3 is 10.0 Å². The number of nitro groups is 1. The molecule has 21 heavy (non-hydrogen) atoms. The van der Waals surface area contributed by atoms with Crippen molar-refractivity contribution in [3.05, 3.63) is 33.9 Å². The number of carboxylic acid groups (broad SMARTS) is 1. The van der Waals surface area contributed by atoms with Crippen molar-refractivity contribution in [1.29, 1.82) is 5.26 Å². The SMILES string of the molecule is N#Cc1cc([N+](=O)[O-])ccc1N1CCCCCC1C(=O)O. The molecule has 0 aliphatic carbocycles. The van der Waals surface area contributed by atoms with E-state index in [4.69, 9.17) is 0 Å². The van der Waals surface area contributed by atoms with Crippen molar-refractivity contribution >= 4 is 17.3 Å². The molecule has 7 nitrogen and oxygen atoms in total. The molecule has 110 valence electrons. The minimum atomic E-state index is -0.931. The number of nitro benzene ring substituents is 1. The van der Waals surface area contributed by atoms with Crippen molar-refractivity contribution < 1.29 is 14.8 Å². The fourth-order valence-corrected chi connectivity index (χ4v) is 2.63. The van der Waals surface area contributed by atoms with Crippen LogP contribution in [-0.2, 0) is 4.79 Å². The average molecular weight is 289 g/mol. The van der Waals surface area contributed by atoms with Crippen LogP contribution in [0.25, 0.3) is 0 Å². The number of hydrogen-bond donors (Lipinski definition) is 1. The van der Waals surface area contributed by atoms with E-state index in [9.17, 15) is 25.3 Å². The first kappa shape index (κ1) is 14.8. The van der Waals surface area contributed by atoms with E-state index >= 15 is 0 Å². The van der Waals surface area contributed by atoms with Gasteiger partial charge in [-0.15, -0.1) is 0 Å². The van der Waals surface area contributed by atoms with Crippen LogP contribution in [0.4, 0.5) is 11.4 Å². The van der Waals surface area contributed by atoms with Crippen LogP contribution in [0.15, 0.2) is 18.2 Å². The number of carboxylic acids is 1. The van der Waals surface area contributed by atoms with Crippen LogP contribution in [0.3, 0.4) is 0 Å². The first-order valence-electron chi connectivity index (χ1n) is 6.72. The lowest BCUT2D eigenvalue weighted by molar-refractivity contribution is -0.384. The zero-order chi connectivity index (χ0) is 15.4. The van der Waals surface area contributed by atoms with Crippen molar-refractivity contribution in [2.75, 3.05) is 11.4 Å². The summed E-state index contributed by atoms with van der Waals surface area (Å²) in [6.07, 6.45) is 3.11. The van der Waals surface area contributed by atoms with Gasteiger partial charge in [0.1, 0.15) is 12.1 Å². The van der Waals surface area contributed by atoms with Gasteiger partial charge in [-0.1, -0.05) is 12.8 Å². The zero-order valence-electron chi connectivity index (χ0n) is 11.4. The zero-order valence-corrected chi connectivity index (χ0v) is 11.4. The van der Waals surface area contributed by atoms with Crippen LogP contribution in [0.5, 0.6) is 0 Å². The minimum Gasteiger partial charge on any atom is -0.480 e. The molecule has 1 heterocycles. The van der Waals surface area contributed by atoms with Gasteiger partial charge in [-0.2, -0.15) is 5.26 Å². The van der Waals surface area contributed by atoms with Crippen LogP contribution in [0.1, 0.15) is 31.2 Å². The predicted molar refractivity (Wildman–Crippen MR) is 75.0 cm³/mol. The third kappa shape index (κ3) is 3.11. The molecule has 1 atom stereocenters. The van der Waals surface area contributed by atoms with E-state index < -0.39 is 16.9 Å². The molecule has 0 amide bonds. The highest BCUT2D eigenvalue weighted by Crippen LogP contribution is 2.30. The van der Waals surface area contributed by atoms with E-state index in [1.807, 2.05) is 6.07 Å². The lowest BCUT2D eigenvalue weighted by Gasteiger charge is -2.29. The molecular weight excluding hydrogens is 274 g/mol. The molecule has 7 heteroatoms. The van der Waals surface area contributed by atoms with Crippen LogP contribution in [0, 0.1) is 21.4 Å². The Bertz CT molecular complexity index is 609. The molecule has 1 aromatic carbocycles. The highest BCUT2D eigenvalue weighted by Gasteiger charge is 2.29. The molecule has 0 aromatic heterocycles. The standard InChI is InChI=1S/C14H15N3O4/c15-9-10-8-11(17(20)21)5-6-12(10)16-7-3-1-2-4-13(16)14(18)19/h5-6,8,13H,1-4,7H2,(H,18,19). The maximum Gasteiger partial charge on any atom is 0.326 e. The molecule has 1 aliphatic rings. The summed E-state index contributed by atoms with van der Waals surface area (Å²) in [5.41, 5.74) is 0.423. The third-order valence-corrected chi connectivity index (χ3v) is 3.66. The summed E-state index contributed by atoms with van der Waals surface area (Å²) in [6, 6.07) is 5.20. The quantitative estimate of drug-likeness (QED) is 0.675. The van der Waals surface area contributed by atoms with E-state index in [-0.39, 0.29) is 11.3 Å². The van der Waals surface area contributed by atoms with Gasteiger partial charge in [-0.05, 0) is 18.9 Å². The number of hydrogen-bond acceptors (Lipinski definition) is 5. The number of aliphatic carboxylic acids is 1. The molecule has 0 saturated carbocycles. The first-order chi connectivity index (χ1) is 10.0. The number of carbonyl (C=O) groups is 1. The minimum absolute atomic E-state index is 0.136. The normalized spacial score (nSPS) is 18.6. The van der Waals surface area contributed by atoms with E-state index in [1.165, 1.54) is 18.2 Å². The molecule has 1 aromatic rings. The molecule has 0 radical (unpaired) electrons. The number of rotatable bonds is 3. The molecule has 1 fully saturated rings. The highest BCUT2D eigenvalue weighted by molar-refractivity contribution is 5.79. The molecule has 1 saturated heterocycles. The second-order valence-electron chi connectivity index (χ2n) is 4.97. The van der Waals surface area contributed by atoms with Gasteiger partial charge in [0, 0.05) is 18.7 Å². The monoisotopic (exact) mass is 289 g/mol. The molecule has 1 aliphatic heterocycles. The maximum absolute atomic E-state index is 11.4. The number of benzene rings is 1. The topological polar surface area (TPSA) is 107 Å². The highest BCUT2D eigenvalue weighted by atomic mass is 16.6. The third-order valence-electron chi connectivity index (χ3n) is 3.66. The molecule has 0 spiro atoms. The van der Waals surface area contributed by atoms with Gasteiger partial charge >= 0.3 is 5.97 Å². The lowest BCUT2D eigenvalue weighted by atomic mass is 10.1. The Balaban J connectivity index is 2.45. The Morgan fingerprint density at radius 2 is 2.19 bits per heavy atom. The van der Waals surface area contributed by atoms with Gasteiger partial charge in [0.2, 0.25) is 0 Å². The van der Waals surface area contributed by atoms with Gasteiger partial charge in [-0.25, -0.2) is 4.79 Å². The van der Waals surface area contributed by atoms with Crippen molar-refractivity contribution in [3.63, 3.8) is 0 Å². The van der Waals surface area contributed by atoms with E-state index in [1.54, 1.807) is 4.90 Å². The number of anilines is 1. The van der Waals surface area contributed by atoms with Crippen molar-refractivity contribution in [2.45, 2.75) is 31.7 Å². The van der Waals surface area contributed by atoms with Gasteiger partial charge in [0.05, 0.1) is 16.2 Å². The largest absolute Gasteiger partial charge is 0.480 e. The fourth-order valence-electron chi connectivity index (χ4n) is 2.63. The van der Waals surface area contributed by atoms with Crippen LogP contribution in [-0.4, -0.2) is 28.6 Å². The predicted octanol–water partition coefficient (Wildman–Crippen LogP) is 2.30. The van der Waals surface area contributed by atoms with Gasteiger partial charge in [0.25, 0.3) is 5.69 Å². The van der Waals surface area contributed by atoms with E-state index in [0.29, 0.717) is 18.7 Å². The maximum atomic E-state index is 11.4. The molecule has 2 rings (SSSR count). The summed E-state index contributed by atoms with van der Waals surface area (Å²) in [6.45, 7) is 0.531. The van der Waals surface area contributed by atoms with E-state index in [2.05, 4.69) is 0 Å². The summed E-state index contributed by atoms with van der Waals surface area (Å²) in [5, 5.41) is 29.3. The fraction of sp³-hybridized carbons (Fsp3) is 0.429. The summed E-state index contributed by atoms with van der Waals surface area (Å²) in [7, 11) is 0. The molecule has 1 N–H and O–H groups in total. The Morgan fingerprint density at radius 3 is 2.81 bits per heavy atom. The summed E-state index contributed by atoms with van der Waals surface area (Å²) in [4.78, 5) is 23.3. The Labute approximate surface area is 121 Å². The Kier molecular flexibility index (Phi) is 4.38. The Morgan fingerprint density at radius 1 is 1.43 bits per heavy atom. The van der Waals surface area contributed by atoms with Crippen LogP contribution < -0.4 is 4.90 Å². The summed E-state index contributed by atoms with van der Waals surface area (Å²) in [5.74, 6) is -0.931. The smallest absolute Gasteiger partial charge is 0.326 e. The molecular formula is C14H15N3O4. The van der Waals surface area contributed by atoms with Crippen molar-refractivity contribution in [2.24, 2.45) is 0 Å². The van der Waals surface area contributed by atoms with Crippen molar-refractivity contribution in [1.82, 2.24) is 0 Å². The molecule has 1 unspecified atom stereocenters. The number of nitrogens with zero attached hydrogens (tertiary/aromatic N) is 3. The second kappa shape index (κ2) is 6.22. The summed E-state index contributed by atoms with van der Waals surface area (Å²) < 4.78 is 0. The second-order valence-corrected chi connectivity index (χ2v) is 4.97. The van der Waals surface area contributed by atoms with Crippen molar-refractivity contribution in [3.8, 4) is 6.07 Å². The van der Waals surface area contributed by atoms with Gasteiger partial charge in [-0.3, -0.25) is 10.1 Å². The molecule has 0 bridgehead atoms.